The van der Waals surface area contributed by atoms with Crippen LogP contribution in [-0.2, 0) is 11.3 Å². The van der Waals surface area contributed by atoms with Crippen LogP contribution in [0.25, 0.3) is 10.6 Å². The van der Waals surface area contributed by atoms with Crippen molar-refractivity contribution in [3.8, 4) is 16.3 Å². The van der Waals surface area contributed by atoms with Crippen LogP contribution in [0.5, 0.6) is 5.75 Å². The third kappa shape index (κ3) is 4.61. The van der Waals surface area contributed by atoms with Crippen LogP contribution in [0.15, 0.2) is 48.7 Å². The van der Waals surface area contributed by atoms with Crippen LogP contribution in [0.2, 0.25) is 5.02 Å². The summed E-state index contributed by atoms with van der Waals surface area (Å²) < 4.78 is 18.8. The standard InChI is InChI=1S/C23H21ClFN3O3S/c1-23(7-8-28(22(23)30)13-14-3-5-18(31-2)6-4-14)27-20(29)19-12-26-21(32-19)15-9-16(24)11-17(25)10-15/h3-6,9-12H,7-8,13H2,1-2H3,(H,27,29). The number of aromatic nitrogens is 1. The Morgan fingerprint density at radius 2 is 2.06 bits per heavy atom. The number of hydrogen-bond acceptors (Lipinski definition) is 5. The molecule has 2 aromatic carbocycles. The molecule has 1 aliphatic heterocycles. The van der Waals surface area contributed by atoms with Crippen molar-refractivity contribution in [2.45, 2.75) is 25.4 Å². The van der Waals surface area contributed by atoms with E-state index in [1.165, 1.54) is 18.3 Å². The maximum atomic E-state index is 13.6. The summed E-state index contributed by atoms with van der Waals surface area (Å²) >= 11 is 7.03. The number of halogens is 2. The fourth-order valence-corrected chi connectivity index (χ4v) is 4.66. The molecule has 4 rings (SSSR count). The predicted octanol–water partition coefficient (Wildman–Crippen LogP) is 4.53. The predicted molar refractivity (Wildman–Crippen MR) is 121 cm³/mol. The van der Waals surface area contributed by atoms with Gasteiger partial charge in [0.15, 0.2) is 0 Å². The van der Waals surface area contributed by atoms with E-state index < -0.39 is 17.3 Å². The third-order valence-corrected chi connectivity index (χ3v) is 6.67. The van der Waals surface area contributed by atoms with Gasteiger partial charge in [0.25, 0.3) is 5.91 Å². The first-order valence-corrected chi connectivity index (χ1v) is 11.1. The minimum absolute atomic E-state index is 0.136. The Hall–Kier alpha value is -2.97. The van der Waals surface area contributed by atoms with Crippen molar-refractivity contribution in [2.75, 3.05) is 13.7 Å². The zero-order chi connectivity index (χ0) is 22.9. The van der Waals surface area contributed by atoms with Gasteiger partial charge in [-0.15, -0.1) is 11.3 Å². The molecule has 32 heavy (non-hydrogen) atoms. The molecule has 1 fully saturated rings. The van der Waals surface area contributed by atoms with Crippen LogP contribution in [0, 0.1) is 5.82 Å². The van der Waals surface area contributed by atoms with Gasteiger partial charge in [0.05, 0.1) is 13.3 Å². The first-order valence-electron chi connectivity index (χ1n) is 9.94. The largest absolute Gasteiger partial charge is 0.497 e. The van der Waals surface area contributed by atoms with Crippen molar-refractivity contribution in [1.29, 1.82) is 0 Å². The third-order valence-electron chi connectivity index (χ3n) is 5.40. The van der Waals surface area contributed by atoms with E-state index in [0.717, 1.165) is 22.6 Å². The van der Waals surface area contributed by atoms with Crippen molar-refractivity contribution in [3.63, 3.8) is 0 Å². The molecule has 9 heteroatoms. The highest BCUT2D eigenvalue weighted by atomic mass is 35.5. The van der Waals surface area contributed by atoms with E-state index >= 15 is 0 Å². The number of benzene rings is 2. The average Bonchev–Trinajstić information content (AvgIpc) is 3.35. The fourth-order valence-electron chi connectivity index (χ4n) is 3.64. The summed E-state index contributed by atoms with van der Waals surface area (Å²) in [5.74, 6) is -0.250. The molecule has 0 spiro atoms. The van der Waals surface area contributed by atoms with Gasteiger partial charge < -0.3 is 15.0 Å². The summed E-state index contributed by atoms with van der Waals surface area (Å²) in [6.07, 6.45) is 1.92. The Morgan fingerprint density at radius 1 is 1.31 bits per heavy atom. The second-order valence-electron chi connectivity index (χ2n) is 7.80. The van der Waals surface area contributed by atoms with Crippen LogP contribution < -0.4 is 10.1 Å². The van der Waals surface area contributed by atoms with Gasteiger partial charge in [-0.3, -0.25) is 9.59 Å². The smallest absolute Gasteiger partial charge is 0.263 e. The molecule has 0 aliphatic carbocycles. The van der Waals surface area contributed by atoms with Gasteiger partial charge in [-0.05, 0) is 49.2 Å². The van der Waals surface area contributed by atoms with E-state index in [2.05, 4.69) is 10.3 Å². The van der Waals surface area contributed by atoms with E-state index in [-0.39, 0.29) is 10.9 Å². The first kappa shape index (κ1) is 22.2. The second-order valence-corrected chi connectivity index (χ2v) is 9.27. The zero-order valence-electron chi connectivity index (χ0n) is 17.5. The van der Waals surface area contributed by atoms with Gasteiger partial charge in [0.1, 0.15) is 27.0 Å². The van der Waals surface area contributed by atoms with Crippen molar-refractivity contribution in [1.82, 2.24) is 15.2 Å². The maximum Gasteiger partial charge on any atom is 0.263 e. The van der Waals surface area contributed by atoms with Gasteiger partial charge in [0, 0.05) is 23.7 Å². The van der Waals surface area contributed by atoms with Gasteiger partial charge in [-0.25, -0.2) is 9.37 Å². The lowest BCUT2D eigenvalue weighted by molar-refractivity contribution is -0.132. The highest BCUT2D eigenvalue weighted by molar-refractivity contribution is 7.16. The zero-order valence-corrected chi connectivity index (χ0v) is 19.1. The Kier molecular flexibility index (Phi) is 6.17. The molecule has 0 saturated carbocycles. The number of carbonyl (C=O) groups is 2. The summed E-state index contributed by atoms with van der Waals surface area (Å²) in [5, 5.41) is 3.59. The molecule has 1 atom stereocenters. The van der Waals surface area contributed by atoms with E-state index in [9.17, 15) is 14.0 Å². The SMILES string of the molecule is COc1ccc(CN2CCC(C)(NC(=O)c3cnc(-c4cc(F)cc(Cl)c4)s3)C2=O)cc1. The lowest BCUT2D eigenvalue weighted by Crippen LogP contribution is -2.51. The molecule has 0 radical (unpaired) electrons. The molecule has 1 unspecified atom stereocenters. The Labute approximate surface area is 194 Å². The highest BCUT2D eigenvalue weighted by Gasteiger charge is 2.44. The number of nitrogens with zero attached hydrogens (tertiary/aromatic N) is 2. The molecular formula is C23H21ClFN3O3S. The molecule has 1 N–H and O–H groups in total. The average molecular weight is 474 g/mol. The molecule has 1 saturated heterocycles. The number of rotatable bonds is 6. The van der Waals surface area contributed by atoms with Crippen LogP contribution in [0.3, 0.4) is 0 Å². The van der Waals surface area contributed by atoms with Gasteiger partial charge in [0.2, 0.25) is 5.91 Å². The van der Waals surface area contributed by atoms with Gasteiger partial charge in [-0.2, -0.15) is 0 Å². The van der Waals surface area contributed by atoms with Gasteiger partial charge in [-0.1, -0.05) is 23.7 Å². The van der Waals surface area contributed by atoms with Crippen molar-refractivity contribution < 1.29 is 18.7 Å². The molecule has 0 bridgehead atoms. The topological polar surface area (TPSA) is 71.5 Å². The number of hydrogen-bond donors (Lipinski definition) is 1. The molecular weight excluding hydrogens is 453 g/mol. The summed E-state index contributed by atoms with van der Waals surface area (Å²) in [6.45, 7) is 2.73. The van der Waals surface area contributed by atoms with E-state index in [0.29, 0.717) is 35.0 Å². The number of ether oxygens (including phenoxy) is 1. The van der Waals surface area contributed by atoms with Gasteiger partial charge >= 0.3 is 0 Å². The molecule has 1 aliphatic rings. The second kappa shape index (κ2) is 8.88. The highest BCUT2D eigenvalue weighted by Crippen LogP contribution is 2.30. The lowest BCUT2D eigenvalue weighted by atomic mass is 10.0. The quantitative estimate of drug-likeness (QED) is 0.571. The molecule has 2 amide bonds. The fraction of sp³-hybridized carbons (Fsp3) is 0.261. The summed E-state index contributed by atoms with van der Waals surface area (Å²) in [7, 11) is 1.60. The number of carbonyl (C=O) groups excluding carboxylic acids is 2. The maximum absolute atomic E-state index is 13.6. The monoisotopic (exact) mass is 473 g/mol. The summed E-state index contributed by atoms with van der Waals surface area (Å²) in [6, 6.07) is 11.6. The van der Waals surface area contributed by atoms with Crippen LogP contribution in [0.1, 0.15) is 28.6 Å². The van der Waals surface area contributed by atoms with Crippen LogP contribution in [-0.4, -0.2) is 40.9 Å². The molecule has 1 aromatic heterocycles. The number of thiazole rings is 1. The number of likely N-dealkylation sites (tertiary alicyclic amines) is 1. The minimum Gasteiger partial charge on any atom is -0.497 e. The Balaban J connectivity index is 1.43. The Morgan fingerprint density at radius 3 is 2.75 bits per heavy atom. The lowest BCUT2D eigenvalue weighted by Gasteiger charge is -2.24. The summed E-state index contributed by atoms with van der Waals surface area (Å²) in [4.78, 5) is 32.2. The van der Waals surface area contributed by atoms with Crippen LogP contribution >= 0.6 is 22.9 Å². The summed E-state index contributed by atoms with van der Waals surface area (Å²) in [5.41, 5.74) is 0.471. The van der Waals surface area contributed by atoms with Crippen molar-refractivity contribution in [2.24, 2.45) is 0 Å². The van der Waals surface area contributed by atoms with Crippen LogP contribution in [0.4, 0.5) is 4.39 Å². The van der Waals surface area contributed by atoms with Crippen molar-refractivity contribution >= 4 is 34.8 Å². The van der Waals surface area contributed by atoms with E-state index in [4.69, 9.17) is 16.3 Å². The number of amides is 2. The molecule has 166 valence electrons. The number of methoxy groups -OCH3 is 1. The molecule has 6 nitrogen and oxygen atoms in total. The van der Waals surface area contributed by atoms with Crippen molar-refractivity contribution in [3.05, 3.63) is 69.9 Å². The van der Waals surface area contributed by atoms with E-state index in [1.54, 1.807) is 25.0 Å². The normalized spacial score (nSPS) is 18.1. The number of nitrogens with one attached hydrogen (secondary N) is 1. The minimum atomic E-state index is -1.00. The molecule has 2 heterocycles. The Bertz CT molecular complexity index is 1150. The van der Waals surface area contributed by atoms with E-state index in [1.807, 2.05) is 24.3 Å². The molecule has 3 aromatic rings. The first-order chi connectivity index (χ1) is 15.3.